The first-order valence-electron chi connectivity index (χ1n) is 6.47. The highest BCUT2D eigenvalue weighted by Crippen LogP contribution is 2.21. The van der Waals surface area contributed by atoms with Gasteiger partial charge in [0.2, 0.25) is 0 Å². The number of hydrogen-bond acceptors (Lipinski definition) is 4. The van der Waals surface area contributed by atoms with Gasteiger partial charge in [0.05, 0.1) is 28.4 Å². The molecule has 0 fully saturated rings. The van der Waals surface area contributed by atoms with Crippen molar-refractivity contribution in [3.05, 3.63) is 36.2 Å². The van der Waals surface area contributed by atoms with E-state index in [9.17, 15) is 9.90 Å². The van der Waals surface area contributed by atoms with Crippen molar-refractivity contribution in [2.75, 3.05) is 0 Å². The van der Waals surface area contributed by atoms with Crippen molar-refractivity contribution in [3.8, 4) is 0 Å². The molecule has 0 aliphatic carbocycles. The van der Waals surface area contributed by atoms with Crippen LogP contribution >= 0.6 is 0 Å². The molecule has 0 saturated carbocycles. The molecule has 0 aliphatic heterocycles. The van der Waals surface area contributed by atoms with E-state index in [-0.39, 0.29) is 11.6 Å². The van der Waals surface area contributed by atoms with Gasteiger partial charge in [0.25, 0.3) is 5.91 Å². The predicted octanol–water partition coefficient (Wildman–Crippen LogP) is 1.91. The van der Waals surface area contributed by atoms with Crippen molar-refractivity contribution in [2.24, 2.45) is 0 Å². The van der Waals surface area contributed by atoms with Gasteiger partial charge >= 0.3 is 0 Å². The molecular formula is C15H19N3O2. The van der Waals surface area contributed by atoms with Gasteiger partial charge in [-0.25, -0.2) is 4.98 Å². The number of para-hydroxylation sites is 2. The molecule has 1 amide bonds. The van der Waals surface area contributed by atoms with Crippen LogP contribution in [-0.4, -0.2) is 32.1 Å². The first-order chi connectivity index (χ1) is 9.21. The lowest BCUT2D eigenvalue weighted by Gasteiger charge is -2.37. The molecule has 5 heteroatoms. The molecule has 5 nitrogen and oxygen atoms in total. The summed E-state index contributed by atoms with van der Waals surface area (Å²) in [5, 5.41) is 12.8. The van der Waals surface area contributed by atoms with Crippen molar-refractivity contribution < 1.29 is 9.90 Å². The highest BCUT2D eigenvalue weighted by atomic mass is 16.3. The molecule has 0 spiro atoms. The number of rotatable bonds is 3. The summed E-state index contributed by atoms with van der Waals surface area (Å²) < 4.78 is 0. The average Bonchev–Trinajstić information content (AvgIpc) is 2.36. The summed E-state index contributed by atoms with van der Waals surface area (Å²) in [5.74, 6) is -0.352. The number of carbonyl (C=O) groups excluding carboxylic acids is 1. The standard InChI is InChI=1S/C15H19N3O2/c1-14(2,15(3,4)20)18-13(19)12-9-16-10-7-5-6-8-11(10)17-12/h5-9,20H,1-4H3,(H,18,19). The summed E-state index contributed by atoms with van der Waals surface area (Å²) in [4.78, 5) is 20.7. The molecule has 20 heavy (non-hydrogen) atoms. The van der Waals surface area contributed by atoms with Gasteiger partial charge in [-0.05, 0) is 39.8 Å². The number of aromatic nitrogens is 2. The Bertz CT molecular complexity index is 645. The molecule has 0 unspecified atom stereocenters. The second kappa shape index (κ2) is 4.83. The van der Waals surface area contributed by atoms with Gasteiger partial charge in [0.15, 0.2) is 0 Å². The van der Waals surface area contributed by atoms with Gasteiger partial charge in [0.1, 0.15) is 5.69 Å². The normalized spacial score (nSPS) is 12.4. The lowest BCUT2D eigenvalue weighted by molar-refractivity contribution is -0.00302. The predicted molar refractivity (Wildman–Crippen MR) is 77.4 cm³/mol. The Morgan fingerprint density at radius 2 is 1.75 bits per heavy atom. The molecule has 2 aromatic rings. The van der Waals surface area contributed by atoms with E-state index in [0.29, 0.717) is 5.52 Å². The summed E-state index contributed by atoms with van der Waals surface area (Å²) in [5.41, 5.74) is -0.183. The fraction of sp³-hybridized carbons (Fsp3) is 0.400. The lowest BCUT2D eigenvalue weighted by atomic mass is 9.86. The third-order valence-electron chi connectivity index (χ3n) is 3.64. The van der Waals surface area contributed by atoms with Gasteiger partial charge in [0, 0.05) is 0 Å². The smallest absolute Gasteiger partial charge is 0.272 e. The van der Waals surface area contributed by atoms with E-state index in [1.807, 2.05) is 18.2 Å². The summed E-state index contributed by atoms with van der Waals surface area (Å²) >= 11 is 0. The Balaban J connectivity index is 2.28. The molecule has 106 valence electrons. The van der Waals surface area contributed by atoms with E-state index in [1.54, 1.807) is 33.8 Å². The van der Waals surface area contributed by atoms with Crippen molar-refractivity contribution in [1.29, 1.82) is 0 Å². The molecule has 1 heterocycles. The number of hydrogen-bond donors (Lipinski definition) is 2. The largest absolute Gasteiger partial charge is 0.388 e. The minimum Gasteiger partial charge on any atom is -0.388 e. The molecular weight excluding hydrogens is 254 g/mol. The van der Waals surface area contributed by atoms with Crippen molar-refractivity contribution in [2.45, 2.75) is 38.8 Å². The maximum absolute atomic E-state index is 12.2. The summed E-state index contributed by atoms with van der Waals surface area (Å²) in [6, 6.07) is 7.36. The van der Waals surface area contributed by atoms with Gasteiger partial charge in [-0.3, -0.25) is 9.78 Å². The number of nitrogens with zero attached hydrogens (tertiary/aromatic N) is 2. The van der Waals surface area contributed by atoms with Crippen LogP contribution < -0.4 is 5.32 Å². The van der Waals surface area contributed by atoms with Crippen molar-refractivity contribution >= 4 is 16.9 Å². The molecule has 1 aromatic carbocycles. The second-order valence-corrected chi connectivity index (χ2v) is 5.88. The van der Waals surface area contributed by atoms with Crippen LogP contribution in [0.4, 0.5) is 0 Å². The van der Waals surface area contributed by atoms with Crippen LogP contribution in [0.5, 0.6) is 0 Å². The average molecular weight is 273 g/mol. The van der Waals surface area contributed by atoms with E-state index in [0.717, 1.165) is 5.52 Å². The Morgan fingerprint density at radius 3 is 2.35 bits per heavy atom. The number of fused-ring (bicyclic) bond motifs is 1. The Kier molecular flexibility index (Phi) is 3.48. The van der Waals surface area contributed by atoms with E-state index >= 15 is 0 Å². The summed E-state index contributed by atoms with van der Waals surface area (Å²) in [6.45, 7) is 6.83. The summed E-state index contributed by atoms with van der Waals surface area (Å²) in [7, 11) is 0. The maximum atomic E-state index is 12.2. The van der Waals surface area contributed by atoms with Crippen LogP contribution in [0.2, 0.25) is 0 Å². The van der Waals surface area contributed by atoms with Gasteiger partial charge in [-0.1, -0.05) is 12.1 Å². The fourth-order valence-electron chi connectivity index (χ4n) is 1.57. The molecule has 2 N–H and O–H groups in total. The second-order valence-electron chi connectivity index (χ2n) is 5.88. The monoisotopic (exact) mass is 273 g/mol. The number of benzene rings is 1. The third-order valence-corrected chi connectivity index (χ3v) is 3.64. The van der Waals surface area contributed by atoms with Crippen LogP contribution in [0.15, 0.2) is 30.5 Å². The highest BCUT2D eigenvalue weighted by molar-refractivity contribution is 5.94. The van der Waals surface area contributed by atoms with Crippen LogP contribution in [0, 0.1) is 0 Å². The van der Waals surface area contributed by atoms with Crippen LogP contribution in [-0.2, 0) is 0 Å². The first-order valence-corrected chi connectivity index (χ1v) is 6.47. The van der Waals surface area contributed by atoms with Crippen LogP contribution in [0.3, 0.4) is 0 Å². The van der Waals surface area contributed by atoms with Crippen LogP contribution in [0.1, 0.15) is 38.2 Å². The van der Waals surface area contributed by atoms with Crippen molar-refractivity contribution in [3.63, 3.8) is 0 Å². The SMILES string of the molecule is CC(C)(O)C(C)(C)NC(=O)c1cnc2ccccc2n1. The van der Waals surface area contributed by atoms with E-state index in [1.165, 1.54) is 6.20 Å². The summed E-state index contributed by atoms with van der Waals surface area (Å²) in [6.07, 6.45) is 1.44. The topological polar surface area (TPSA) is 75.1 Å². The number of amides is 1. The zero-order valence-corrected chi connectivity index (χ0v) is 12.1. The van der Waals surface area contributed by atoms with Crippen LogP contribution in [0.25, 0.3) is 11.0 Å². The maximum Gasteiger partial charge on any atom is 0.272 e. The van der Waals surface area contributed by atoms with Crippen molar-refractivity contribution in [1.82, 2.24) is 15.3 Å². The van der Waals surface area contributed by atoms with E-state index in [2.05, 4.69) is 15.3 Å². The number of carbonyl (C=O) groups is 1. The minimum atomic E-state index is -1.05. The zero-order valence-electron chi connectivity index (χ0n) is 12.1. The Hall–Kier alpha value is -2.01. The molecule has 0 saturated heterocycles. The van der Waals surface area contributed by atoms with E-state index in [4.69, 9.17) is 0 Å². The van der Waals surface area contributed by atoms with E-state index < -0.39 is 11.1 Å². The fourth-order valence-corrected chi connectivity index (χ4v) is 1.57. The zero-order chi connectivity index (χ0) is 15.0. The molecule has 0 atom stereocenters. The molecule has 2 rings (SSSR count). The lowest BCUT2D eigenvalue weighted by Crippen LogP contribution is -2.57. The molecule has 1 aromatic heterocycles. The molecule has 0 bridgehead atoms. The first kappa shape index (κ1) is 14.4. The Morgan fingerprint density at radius 1 is 1.15 bits per heavy atom. The van der Waals surface area contributed by atoms with Gasteiger partial charge < -0.3 is 10.4 Å². The molecule has 0 aliphatic rings. The third kappa shape index (κ3) is 2.77. The quantitative estimate of drug-likeness (QED) is 0.895. The highest BCUT2D eigenvalue weighted by Gasteiger charge is 2.36. The number of aliphatic hydroxyl groups is 1. The van der Waals surface area contributed by atoms with Gasteiger partial charge in [-0.15, -0.1) is 0 Å². The number of nitrogens with one attached hydrogen (secondary N) is 1. The van der Waals surface area contributed by atoms with Gasteiger partial charge in [-0.2, -0.15) is 0 Å². The molecule has 0 radical (unpaired) electrons. The minimum absolute atomic E-state index is 0.237. The Labute approximate surface area is 118 Å².